The number of benzene rings is 1. The van der Waals surface area contributed by atoms with E-state index in [9.17, 15) is 13.2 Å². The molecule has 1 aliphatic heterocycles. The van der Waals surface area contributed by atoms with E-state index in [-0.39, 0.29) is 41.7 Å². The van der Waals surface area contributed by atoms with Crippen molar-refractivity contribution in [1.82, 2.24) is 20.2 Å². The maximum absolute atomic E-state index is 15.5. The summed E-state index contributed by atoms with van der Waals surface area (Å²) in [7, 11) is 2.09. The Balaban J connectivity index is 1.59. The van der Waals surface area contributed by atoms with Crippen molar-refractivity contribution in [3.8, 4) is 17.0 Å². The SMILES string of the molecule is CC(C)NCCOc1ncc(-c2cc3c4c(cnc3cc2F)N(C)C(=O)C42CC(N(C)C)C2)cc1NS(C)(=O)=O. The average molecular weight is 571 g/mol. The molecule has 2 aromatic heterocycles. The van der Waals surface area contributed by atoms with Crippen molar-refractivity contribution in [1.29, 1.82) is 0 Å². The van der Waals surface area contributed by atoms with Crippen molar-refractivity contribution < 1.29 is 22.3 Å². The molecule has 1 saturated carbocycles. The summed E-state index contributed by atoms with van der Waals surface area (Å²) in [6.07, 6.45) is 5.47. The van der Waals surface area contributed by atoms with Crippen LogP contribution in [0.1, 0.15) is 32.3 Å². The van der Waals surface area contributed by atoms with Gasteiger partial charge in [0.15, 0.2) is 0 Å². The van der Waals surface area contributed by atoms with E-state index in [1.165, 1.54) is 18.3 Å². The number of amides is 1. The summed E-state index contributed by atoms with van der Waals surface area (Å²) in [6, 6.07) is 5.10. The van der Waals surface area contributed by atoms with E-state index in [0.717, 1.165) is 17.5 Å². The number of fused-ring (bicyclic) bond motifs is 4. The first-order valence-electron chi connectivity index (χ1n) is 13.2. The van der Waals surface area contributed by atoms with Crippen LogP contribution in [0.5, 0.6) is 5.88 Å². The van der Waals surface area contributed by atoms with Crippen LogP contribution in [0.2, 0.25) is 0 Å². The number of ether oxygens (including phenoxy) is 1. The molecule has 3 aromatic rings. The molecule has 1 amide bonds. The second-order valence-electron chi connectivity index (χ2n) is 11.2. The molecular weight excluding hydrogens is 535 g/mol. The van der Waals surface area contributed by atoms with Crippen LogP contribution in [0, 0.1) is 5.82 Å². The molecule has 2 aliphatic rings. The maximum atomic E-state index is 15.5. The number of nitrogens with zero attached hydrogens (tertiary/aromatic N) is 4. The van der Waals surface area contributed by atoms with Gasteiger partial charge in [0.05, 0.1) is 29.1 Å². The lowest BCUT2D eigenvalue weighted by atomic mass is 9.61. The number of carbonyl (C=O) groups excluding carboxylic acids is 1. The van der Waals surface area contributed by atoms with Gasteiger partial charge in [0.2, 0.25) is 21.8 Å². The van der Waals surface area contributed by atoms with Crippen LogP contribution >= 0.6 is 0 Å². The van der Waals surface area contributed by atoms with E-state index in [2.05, 4.69) is 24.9 Å². The van der Waals surface area contributed by atoms with Gasteiger partial charge in [-0.1, -0.05) is 13.8 Å². The predicted octanol–water partition coefficient (Wildman–Crippen LogP) is 3.12. The third kappa shape index (κ3) is 4.99. The molecule has 0 unspecified atom stereocenters. The maximum Gasteiger partial charge on any atom is 0.238 e. The van der Waals surface area contributed by atoms with E-state index in [1.54, 1.807) is 24.2 Å². The van der Waals surface area contributed by atoms with Gasteiger partial charge in [0.1, 0.15) is 18.1 Å². The van der Waals surface area contributed by atoms with Gasteiger partial charge in [-0.2, -0.15) is 0 Å². The first-order chi connectivity index (χ1) is 18.8. The minimum absolute atomic E-state index is 0.0236. The largest absolute Gasteiger partial charge is 0.475 e. The van der Waals surface area contributed by atoms with Crippen LogP contribution in [0.3, 0.4) is 0 Å². The molecule has 0 atom stereocenters. The van der Waals surface area contributed by atoms with Gasteiger partial charge in [-0.3, -0.25) is 14.5 Å². The fourth-order valence-corrected chi connectivity index (χ4v) is 6.24. The highest BCUT2D eigenvalue weighted by Gasteiger charge is 2.59. The zero-order valence-electron chi connectivity index (χ0n) is 23.6. The summed E-state index contributed by atoms with van der Waals surface area (Å²) in [6.45, 7) is 4.82. The summed E-state index contributed by atoms with van der Waals surface area (Å²) >= 11 is 0. The Morgan fingerprint density at radius 2 is 1.93 bits per heavy atom. The van der Waals surface area contributed by atoms with Crippen LogP contribution in [0.15, 0.2) is 30.6 Å². The number of hydrogen-bond acceptors (Lipinski definition) is 8. The molecule has 0 radical (unpaired) electrons. The fourth-order valence-electron chi connectivity index (χ4n) is 5.69. The van der Waals surface area contributed by atoms with Crippen molar-refractivity contribution in [3.05, 3.63) is 42.0 Å². The van der Waals surface area contributed by atoms with Crippen molar-refractivity contribution in [2.75, 3.05) is 50.2 Å². The minimum atomic E-state index is -3.67. The molecule has 0 bridgehead atoms. The number of hydrogen-bond donors (Lipinski definition) is 2. The Labute approximate surface area is 234 Å². The number of sulfonamides is 1. The van der Waals surface area contributed by atoms with Gasteiger partial charge < -0.3 is 19.9 Å². The fraction of sp³-hybridized carbons (Fsp3) is 0.464. The number of aromatic nitrogens is 2. The lowest BCUT2D eigenvalue weighted by molar-refractivity contribution is -0.127. The average Bonchev–Trinajstić information content (AvgIpc) is 3.07. The zero-order valence-corrected chi connectivity index (χ0v) is 24.4. The zero-order chi connectivity index (χ0) is 29.0. The first-order valence-corrected chi connectivity index (χ1v) is 15.1. The quantitative estimate of drug-likeness (QED) is 0.377. The Morgan fingerprint density at radius 3 is 2.58 bits per heavy atom. The summed E-state index contributed by atoms with van der Waals surface area (Å²) < 4.78 is 47.9. The number of nitrogens with one attached hydrogen (secondary N) is 2. The van der Waals surface area contributed by atoms with Crippen molar-refractivity contribution in [3.63, 3.8) is 0 Å². The molecule has 1 aliphatic carbocycles. The Morgan fingerprint density at radius 1 is 1.20 bits per heavy atom. The van der Waals surface area contributed by atoms with Gasteiger partial charge in [0.25, 0.3) is 0 Å². The van der Waals surface area contributed by atoms with Crippen molar-refractivity contribution in [2.24, 2.45) is 0 Å². The highest BCUT2D eigenvalue weighted by molar-refractivity contribution is 7.92. The molecule has 10 nitrogen and oxygen atoms in total. The smallest absolute Gasteiger partial charge is 0.238 e. The highest BCUT2D eigenvalue weighted by atomic mass is 32.2. The standard InChI is InChI=1S/C28H35FN6O4S/c1-16(2)30-7-8-39-26-23(33-40(6,37)38)9-17(14-32-26)19-10-20-22(11-21(19)29)31-15-24-25(20)28(27(36)35(24)5)12-18(13-28)34(3)4/h9-11,14-16,18,30,33H,7-8,12-13H2,1-6H3. The van der Waals surface area contributed by atoms with E-state index < -0.39 is 21.3 Å². The highest BCUT2D eigenvalue weighted by Crippen LogP contribution is 2.56. The molecule has 1 fully saturated rings. The van der Waals surface area contributed by atoms with Gasteiger partial charge in [-0.25, -0.2) is 17.8 Å². The summed E-state index contributed by atoms with van der Waals surface area (Å²) in [5.41, 5.74) is 2.06. The minimum Gasteiger partial charge on any atom is -0.475 e. The third-order valence-electron chi connectivity index (χ3n) is 7.74. The number of rotatable bonds is 9. The molecule has 3 heterocycles. The molecule has 0 saturated heterocycles. The normalized spacial score (nSPS) is 20.5. The van der Waals surface area contributed by atoms with Crippen LogP contribution in [0.4, 0.5) is 15.8 Å². The van der Waals surface area contributed by atoms with Gasteiger partial charge in [-0.05, 0) is 39.1 Å². The van der Waals surface area contributed by atoms with E-state index in [4.69, 9.17) is 4.74 Å². The number of anilines is 2. The summed E-state index contributed by atoms with van der Waals surface area (Å²) in [5, 5.41) is 3.92. The molecule has 214 valence electrons. The topological polar surface area (TPSA) is 117 Å². The third-order valence-corrected chi connectivity index (χ3v) is 8.33. The van der Waals surface area contributed by atoms with Crippen LogP contribution in [-0.2, 0) is 20.2 Å². The molecule has 40 heavy (non-hydrogen) atoms. The lowest BCUT2D eigenvalue weighted by Crippen LogP contribution is -2.55. The van der Waals surface area contributed by atoms with Crippen molar-refractivity contribution in [2.45, 2.75) is 44.2 Å². The van der Waals surface area contributed by atoms with Crippen LogP contribution in [-0.4, -0.2) is 81.8 Å². The van der Waals surface area contributed by atoms with Crippen LogP contribution in [0.25, 0.3) is 22.0 Å². The summed E-state index contributed by atoms with van der Waals surface area (Å²) in [4.78, 5) is 26.0. The van der Waals surface area contributed by atoms with Gasteiger partial charge in [-0.15, -0.1) is 0 Å². The molecule has 12 heteroatoms. The molecule has 1 aromatic carbocycles. The van der Waals surface area contributed by atoms with Crippen LogP contribution < -0.4 is 19.7 Å². The lowest BCUT2D eigenvalue weighted by Gasteiger charge is -2.47. The number of pyridine rings is 2. The molecular formula is C28H35FN6O4S. The summed E-state index contributed by atoms with van der Waals surface area (Å²) in [5.74, 6) is -0.414. The monoisotopic (exact) mass is 570 g/mol. The Hall–Kier alpha value is -3.35. The number of likely N-dealkylation sites (N-methyl/N-ethyl adjacent to an activating group) is 1. The Kier molecular flexibility index (Phi) is 7.22. The van der Waals surface area contributed by atoms with Gasteiger partial charge >= 0.3 is 0 Å². The number of halogens is 1. The van der Waals surface area contributed by atoms with E-state index in [1.807, 2.05) is 27.9 Å². The Bertz CT molecular complexity index is 1590. The molecule has 5 rings (SSSR count). The predicted molar refractivity (Wildman–Crippen MR) is 154 cm³/mol. The molecule has 1 spiro atoms. The van der Waals surface area contributed by atoms with Crippen molar-refractivity contribution >= 4 is 38.2 Å². The second kappa shape index (κ2) is 10.2. The first kappa shape index (κ1) is 28.2. The van der Waals surface area contributed by atoms with E-state index in [0.29, 0.717) is 35.9 Å². The van der Waals surface area contributed by atoms with E-state index >= 15 is 4.39 Å². The molecule has 2 N–H and O–H groups in total. The number of carbonyl (C=O) groups is 1. The van der Waals surface area contributed by atoms with Gasteiger partial charge in [0, 0.05) is 60.0 Å². The second-order valence-corrected chi connectivity index (χ2v) is 13.0.